The molecule has 5 heteroatoms. The second-order valence-corrected chi connectivity index (χ2v) is 4.27. The van der Waals surface area contributed by atoms with Gasteiger partial charge in [-0.1, -0.05) is 0 Å². The maximum Gasteiger partial charge on any atom is 0.308 e. The largest absolute Gasteiger partial charge is 0.469 e. The summed E-state index contributed by atoms with van der Waals surface area (Å²) in [6.45, 7) is 1.93. The SMILES string of the molecule is COCCCC(=O)N1CCC(C(=O)OC)CC1. The molecule has 98 valence electrons. The normalized spacial score (nSPS) is 16.9. The van der Waals surface area contributed by atoms with E-state index in [0.29, 0.717) is 39.0 Å². The summed E-state index contributed by atoms with van der Waals surface area (Å²) < 4.78 is 9.62. The third-order valence-corrected chi connectivity index (χ3v) is 3.12. The molecule has 1 saturated heterocycles. The highest BCUT2D eigenvalue weighted by Gasteiger charge is 2.27. The van der Waals surface area contributed by atoms with Gasteiger partial charge in [0, 0.05) is 33.2 Å². The highest BCUT2D eigenvalue weighted by atomic mass is 16.5. The monoisotopic (exact) mass is 243 g/mol. The van der Waals surface area contributed by atoms with Gasteiger partial charge in [0.25, 0.3) is 0 Å². The zero-order valence-electron chi connectivity index (χ0n) is 10.6. The van der Waals surface area contributed by atoms with Gasteiger partial charge in [-0.2, -0.15) is 0 Å². The van der Waals surface area contributed by atoms with Crippen molar-refractivity contribution in [2.45, 2.75) is 25.7 Å². The fourth-order valence-corrected chi connectivity index (χ4v) is 2.06. The van der Waals surface area contributed by atoms with Crippen LogP contribution in [-0.4, -0.2) is 50.7 Å². The molecule has 0 bridgehead atoms. The standard InChI is InChI=1S/C12H21NO4/c1-16-9-3-4-11(14)13-7-5-10(6-8-13)12(15)17-2/h10H,3-9H2,1-2H3. The molecule has 5 nitrogen and oxygen atoms in total. The van der Waals surface area contributed by atoms with Crippen LogP contribution in [0.3, 0.4) is 0 Å². The maximum atomic E-state index is 11.8. The molecule has 0 radical (unpaired) electrons. The van der Waals surface area contributed by atoms with Gasteiger partial charge in [0.1, 0.15) is 0 Å². The van der Waals surface area contributed by atoms with Crippen molar-refractivity contribution in [2.24, 2.45) is 5.92 Å². The molecular formula is C12H21NO4. The van der Waals surface area contributed by atoms with Crippen molar-refractivity contribution in [3.63, 3.8) is 0 Å². The molecule has 0 aromatic carbocycles. The van der Waals surface area contributed by atoms with Crippen molar-refractivity contribution in [1.82, 2.24) is 4.90 Å². The Morgan fingerprint density at radius 1 is 1.24 bits per heavy atom. The van der Waals surface area contributed by atoms with Gasteiger partial charge in [0.05, 0.1) is 13.0 Å². The molecule has 1 amide bonds. The Morgan fingerprint density at radius 2 is 1.88 bits per heavy atom. The van der Waals surface area contributed by atoms with Crippen LogP contribution >= 0.6 is 0 Å². The number of piperidine rings is 1. The second kappa shape index (κ2) is 7.27. The topological polar surface area (TPSA) is 55.8 Å². The Labute approximate surface area is 102 Å². The van der Waals surface area contributed by atoms with Gasteiger partial charge in [-0.3, -0.25) is 9.59 Å². The molecule has 1 aliphatic rings. The van der Waals surface area contributed by atoms with E-state index in [0.717, 1.165) is 6.42 Å². The van der Waals surface area contributed by atoms with Crippen LogP contribution in [0, 0.1) is 5.92 Å². The average molecular weight is 243 g/mol. The molecule has 1 heterocycles. The lowest BCUT2D eigenvalue weighted by atomic mass is 9.97. The number of hydrogen-bond donors (Lipinski definition) is 0. The minimum atomic E-state index is -0.156. The van der Waals surface area contributed by atoms with E-state index in [1.807, 2.05) is 4.90 Å². The summed E-state index contributed by atoms with van der Waals surface area (Å²) in [6, 6.07) is 0. The van der Waals surface area contributed by atoms with E-state index in [-0.39, 0.29) is 17.8 Å². The van der Waals surface area contributed by atoms with Gasteiger partial charge >= 0.3 is 5.97 Å². The summed E-state index contributed by atoms with van der Waals surface area (Å²) in [7, 11) is 3.04. The number of methoxy groups -OCH3 is 2. The number of carbonyl (C=O) groups excluding carboxylic acids is 2. The number of hydrogen-bond acceptors (Lipinski definition) is 4. The summed E-state index contributed by atoms with van der Waals surface area (Å²) in [5.74, 6) is -0.0372. The van der Waals surface area contributed by atoms with Crippen molar-refractivity contribution in [3.8, 4) is 0 Å². The summed E-state index contributed by atoms with van der Waals surface area (Å²) in [6.07, 6.45) is 2.70. The lowest BCUT2D eigenvalue weighted by molar-refractivity contribution is -0.148. The van der Waals surface area contributed by atoms with Crippen molar-refractivity contribution in [3.05, 3.63) is 0 Å². The van der Waals surface area contributed by atoms with Gasteiger partial charge < -0.3 is 14.4 Å². The van der Waals surface area contributed by atoms with E-state index in [1.165, 1.54) is 7.11 Å². The molecule has 1 rings (SSSR count). The van der Waals surface area contributed by atoms with Crippen LogP contribution in [0.4, 0.5) is 0 Å². The minimum absolute atomic E-state index is 0.0389. The lowest BCUT2D eigenvalue weighted by Gasteiger charge is -2.30. The van der Waals surface area contributed by atoms with E-state index >= 15 is 0 Å². The quantitative estimate of drug-likeness (QED) is 0.530. The Kier molecular flexibility index (Phi) is 5.97. The number of rotatable bonds is 5. The predicted octanol–water partition coefficient (Wildman–Crippen LogP) is 0.825. The summed E-state index contributed by atoms with van der Waals surface area (Å²) in [5.41, 5.74) is 0. The zero-order chi connectivity index (χ0) is 12.7. The second-order valence-electron chi connectivity index (χ2n) is 4.27. The van der Waals surface area contributed by atoms with E-state index in [4.69, 9.17) is 9.47 Å². The highest BCUT2D eigenvalue weighted by molar-refractivity contribution is 5.77. The molecule has 0 aliphatic carbocycles. The number of carbonyl (C=O) groups is 2. The molecule has 17 heavy (non-hydrogen) atoms. The van der Waals surface area contributed by atoms with E-state index in [2.05, 4.69) is 0 Å². The zero-order valence-corrected chi connectivity index (χ0v) is 10.6. The number of likely N-dealkylation sites (tertiary alicyclic amines) is 1. The van der Waals surface area contributed by atoms with Gasteiger partial charge in [-0.25, -0.2) is 0 Å². The molecule has 0 unspecified atom stereocenters. The van der Waals surface area contributed by atoms with Gasteiger partial charge in [0.15, 0.2) is 0 Å². The van der Waals surface area contributed by atoms with E-state index in [1.54, 1.807) is 7.11 Å². The molecular weight excluding hydrogens is 222 g/mol. The first-order valence-electron chi connectivity index (χ1n) is 6.03. The van der Waals surface area contributed by atoms with E-state index in [9.17, 15) is 9.59 Å². The lowest BCUT2D eigenvalue weighted by Crippen LogP contribution is -2.40. The van der Waals surface area contributed by atoms with Gasteiger partial charge in [-0.15, -0.1) is 0 Å². The highest BCUT2D eigenvalue weighted by Crippen LogP contribution is 2.19. The Hall–Kier alpha value is -1.10. The van der Waals surface area contributed by atoms with Crippen LogP contribution in [0.15, 0.2) is 0 Å². The minimum Gasteiger partial charge on any atom is -0.469 e. The van der Waals surface area contributed by atoms with E-state index < -0.39 is 0 Å². The molecule has 0 aromatic rings. The number of amides is 1. The average Bonchev–Trinajstić information content (AvgIpc) is 2.38. The third kappa shape index (κ3) is 4.34. The Balaban J connectivity index is 2.26. The van der Waals surface area contributed by atoms with Crippen molar-refractivity contribution < 1.29 is 19.1 Å². The molecule has 0 N–H and O–H groups in total. The molecule has 1 fully saturated rings. The van der Waals surface area contributed by atoms with Gasteiger partial charge in [0.2, 0.25) is 5.91 Å². The third-order valence-electron chi connectivity index (χ3n) is 3.12. The summed E-state index contributed by atoms with van der Waals surface area (Å²) in [4.78, 5) is 24.9. The summed E-state index contributed by atoms with van der Waals surface area (Å²) >= 11 is 0. The smallest absolute Gasteiger partial charge is 0.308 e. The van der Waals surface area contributed by atoms with Crippen molar-refractivity contribution >= 4 is 11.9 Å². The Bertz CT molecular complexity index is 259. The van der Waals surface area contributed by atoms with Crippen LogP contribution in [0.5, 0.6) is 0 Å². The van der Waals surface area contributed by atoms with Crippen LogP contribution in [0.1, 0.15) is 25.7 Å². The maximum absolute atomic E-state index is 11.8. The molecule has 0 atom stereocenters. The van der Waals surface area contributed by atoms with Crippen LogP contribution in [0.2, 0.25) is 0 Å². The molecule has 0 aromatic heterocycles. The van der Waals surface area contributed by atoms with Crippen LogP contribution < -0.4 is 0 Å². The fraction of sp³-hybridized carbons (Fsp3) is 0.833. The fourth-order valence-electron chi connectivity index (χ4n) is 2.06. The van der Waals surface area contributed by atoms with Gasteiger partial charge in [-0.05, 0) is 19.3 Å². The number of nitrogens with zero attached hydrogens (tertiary/aromatic N) is 1. The van der Waals surface area contributed by atoms with Crippen molar-refractivity contribution in [2.75, 3.05) is 33.9 Å². The Morgan fingerprint density at radius 3 is 2.41 bits per heavy atom. The van der Waals surface area contributed by atoms with Crippen LogP contribution in [0.25, 0.3) is 0 Å². The first-order valence-corrected chi connectivity index (χ1v) is 6.03. The predicted molar refractivity (Wildman–Crippen MR) is 62.4 cm³/mol. The first-order chi connectivity index (χ1) is 8.19. The molecule has 1 aliphatic heterocycles. The van der Waals surface area contributed by atoms with Crippen molar-refractivity contribution in [1.29, 1.82) is 0 Å². The molecule has 0 saturated carbocycles. The summed E-state index contributed by atoms with van der Waals surface area (Å²) in [5, 5.41) is 0. The number of esters is 1. The first kappa shape index (κ1) is 14.0. The molecule has 0 spiro atoms. The number of ether oxygens (including phenoxy) is 2. The van der Waals surface area contributed by atoms with Crippen LogP contribution in [-0.2, 0) is 19.1 Å².